The van der Waals surface area contributed by atoms with Crippen molar-refractivity contribution >= 4 is 28.5 Å². The molecular formula is C8H9NS2. The summed E-state index contributed by atoms with van der Waals surface area (Å²) in [7, 11) is 0. The van der Waals surface area contributed by atoms with Crippen molar-refractivity contribution in [2.75, 3.05) is 6.54 Å². The van der Waals surface area contributed by atoms with Gasteiger partial charge in [0.15, 0.2) is 0 Å². The van der Waals surface area contributed by atoms with Crippen molar-refractivity contribution in [2.24, 2.45) is 0 Å². The Morgan fingerprint density at radius 3 is 3.36 bits per heavy atom. The van der Waals surface area contributed by atoms with Gasteiger partial charge in [-0.3, -0.25) is 0 Å². The summed E-state index contributed by atoms with van der Waals surface area (Å²) in [6, 6.07) is 2.18. The molecule has 0 radical (unpaired) electrons. The minimum Gasteiger partial charge on any atom is -0.379 e. The van der Waals surface area contributed by atoms with E-state index in [-0.39, 0.29) is 0 Å². The Hall–Kier alpha value is -0.410. The lowest BCUT2D eigenvalue weighted by molar-refractivity contribution is 0.895. The van der Waals surface area contributed by atoms with Gasteiger partial charge in [-0.05, 0) is 23.4 Å². The minimum absolute atomic E-state index is 0.939. The van der Waals surface area contributed by atoms with E-state index in [2.05, 4.69) is 16.8 Å². The summed E-state index contributed by atoms with van der Waals surface area (Å²) in [5, 5.41) is 5.37. The highest BCUT2D eigenvalue weighted by atomic mass is 32.1. The van der Waals surface area contributed by atoms with Gasteiger partial charge in [0.05, 0.1) is 4.99 Å². The SMILES string of the molecule is S=C1Cc2ccsc2CCN1. The van der Waals surface area contributed by atoms with Crippen LogP contribution in [0.4, 0.5) is 0 Å². The summed E-state index contributed by atoms with van der Waals surface area (Å²) in [6.45, 7) is 1.01. The van der Waals surface area contributed by atoms with E-state index < -0.39 is 0 Å². The molecule has 1 nitrogen and oxygen atoms in total. The fourth-order valence-corrected chi connectivity index (χ4v) is 2.46. The Bertz CT molecular complexity index is 277. The molecule has 2 rings (SSSR count). The first-order valence-corrected chi connectivity index (χ1v) is 4.97. The van der Waals surface area contributed by atoms with Crippen molar-refractivity contribution in [3.05, 3.63) is 21.9 Å². The van der Waals surface area contributed by atoms with E-state index >= 15 is 0 Å². The normalized spacial score (nSPS) is 16.9. The molecule has 0 saturated heterocycles. The van der Waals surface area contributed by atoms with Gasteiger partial charge in [0, 0.05) is 17.8 Å². The van der Waals surface area contributed by atoms with E-state index in [1.165, 1.54) is 10.4 Å². The second-order valence-corrected chi connectivity index (χ2v) is 4.14. The largest absolute Gasteiger partial charge is 0.379 e. The lowest BCUT2D eigenvalue weighted by Gasteiger charge is -1.98. The molecule has 0 amide bonds. The molecule has 11 heavy (non-hydrogen) atoms. The third-order valence-corrected chi connectivity index (χ3v) is 3.17. The Labute approximate surface area is 75.4 Å². The summed E-state index contributed by atoms with van der Waals surface area (Å²) in [6.07, 6.45) is 2.07. The molecule has 3 heteroatoms. The van der Waals surface area contributed by atoms with E-state index in [1.54, 1.807) is 0 Å². The maximum Gasteiger partial charge on any atom is 0.0798 e. The molecular weight excluding hydrogens is 174 g/mol. The predicted molar refractivity (Wildman–Crippen MR) is 52.3 cm³/mol. The number of thiocarbonyl (C=S) groups is 1. The molecule has 0 atom stereocenters. The highest BCUT2D eigenvalue weighted by molar-refractivity contribution is 7.80. The van der Waals surface area contributed by atoms with Crippen LogP contribution in [0.2, 0.25) is 0 Å². The quantitative estimate of drug-likeness (QED) is 0.615. The van der Waals surface area contributed by atoms with Crippen molar-refractivity contribution in [1.82, 2.24) is 5.32 Å². The van der Waals surface area contributed by atoms with Crippen molar-refractivity contribution < 1.29 is 0 Å². The average molecular weight is 183 g/mol. The first-order valence-electron chi connectivity index (χ1n) is 3.68. The van der Waals surface area contributed by atoms with E-state index in [0.29, 0.717) is 0 Å². The van der Waals surface area contributed by atoms with Gasteiger partial charge in [0.25, 0.3) is 0 Å². The van der Waals surface area contributed by atoms with Gasteiger partial charge in [-0.1, -0.05) is 12.2 Å². The van der Waals surface area contributed by atoms with Crippen LogP contribution >= 0.6 is 23.6 Å². The minimum atomic E-state index is 0.939. The molecule has 1 aromatic rings. The van der Waals surface area contributed by atoms with Crippen LogP contribution in [0, 0.1) is 0 Å². The highest BCUT2D eigenvalue weighted by Gasteiger charge is 2.10. The van der Waals surface area contributed by atoms with Gasteiger partial charge in [-0.25, -0.2) is 0 Å². The Balaban J connectivity index is 2.32. The molecule has 0 saturated carbocycles. The zero-order valence-corrected chi connectivity index (χ0v) is 7.73. The molecule has 1 aromatic heterocycles. The maximum atomic E-state index is 5.13. The number of fused-ring (bicyclic) bond motifs is 1. The summed E-state index contributed by atoms with van der Waals surface area (Å²) in [5.41, 5.74) is 1.42. The Morgan fingerprint density at radius 1 is 1.55 bits per heavy atom. The van der Waals surface area contributed by atoms with Gasteiger partial charge >= 0.3 is 0 Å². The molecule has 0 aromatic carbocycles. The number of hydrogen-bond acceptors (Lipinski definition) is 2. The fourth-order valence-electron chi connectivity index (χ4n) is 1.29. The van der Waals surface area contributed by atoms with Gasteiger partial charge in [0.2, 0.25) is 0 Å². The van der Waals surface area contributed by atoms with Crippen LogP contribution in [0.3, 0.4) is 0 Å². The lowest BCUT2D eigenvalue weighted by atomic mass is 10.2. The molecule has 0 aliphatic carbocycles. The van der Waals surface area contributed by atoms with E-state index in [9.17, 15) is 0 Å². The zero-order chi connectivity index (χ0) is 7.68. The topological polar surface area (TPSA) is 12.0 Å². The van der Waals surface area contributed by atoms with Crippen LogP contribution in [-0.2, 0) is 12.8 Å². The van der Waals surface area contributed by atoms with Crippen molar-refractivity contribution in [2.45, 2.75) is 12.8 Å². The number of hydrogen-bond donors (Lipinski definition) is 1. The summed E-state index contributed by atoms with van der Waals surface area (Å²) < 4.78 is 0. The van der Waals surface area contributed by atoms with E-state index in [1.807, 2.05) is 11.3 Å². The van der Waals surface area contributed by atoms with E-state index in [4.69, 9.17) is 12.2 Å². The molecule has 2 heterocycles. The zero-order valence-electron chi connectivity index (χ0n) is 6.09. The molecule has 1 aliphatic rings. The number of thiophene rings is 1. The Morgan fingerprint density at radius 2 is 2.45 bits per heavy atom. The second kappa shape index (κ2) is 2.91. The lowest BCUT2D eigenvalue weighted by Crippen LogP contribution is -2.22. The number of rotatable bonds is 0. The Kier molecular flexibility index (Phi) is 1.92. The molecule has 0 bridgehead atoms. The first kappa shape index (κ1) is 7.25. The maximum absolute atomic E-state index is 5.13. The predicted octanol–water partition coefficient (Wildman–Crippen LogP) is 1.76. The van der Waals surface area contributed by atoms with Crippen LogP contribution in [0.15, 0.2) is 11.4 Å². The monoisotopic (exact) mass is 183 g/mol. The number of nitrogens with one attached hydrogen (secondary N) is 1. The summed E-state index contributed by atoms with van der Waals surface area (Å²) in [5.74, 6) is 0. The van der Waals surface area contributed by atoms with Crippen LogP contribution in [0.25, 0.3) is 0 Å². The third-order valence-electron chi connectivity index (χ3n) is 1.86. The second-order valence-electron chi connectivity index (χ2n) is 2.65. The van der Waals surface area contributed by atoms with Crippen molar-refractivity contribution in [3.63, 3.8) is 0 Å². The molecule has 0 spiro atoms. The summed E-state index contributed by atoms with van der Waals surface area (Å²) in [4.78, 5) is 2.49. The highest BCUT2D eigenvalue weighted by Crippen LogP contribution is 2.19. The van der Waals surface area contributed by atoms with Gasteiger partial charge in [0.1, 0.15) is 0 Å². The average Bonchev–Trinajstić information content (AvgIpc) is 2.31. The molecule has 0 unspecified atom stereocenters. The first-order chi connectivity index (χ1) is 5.36. The fraction of sp³-hybridized carbons (Fsp3) is 0.375. The molecule has 1 aliphatic heterocycles. The van der Waals surface area contributed by atoms with Gasteiger partial charge in [-0.2, -0.15) is 0 Å². The van der Waals surface area contributed by atoms with Gasteiger partial charge < -0.3 is 5.32 Å². The van der Waals surface area contributed by atoms with Gasteiger partial charge in [-0.15, -0.1) is 11.3 Å². The van der Waals surface area contributed by atoms with Crippen LogP contribution in [0.5, 0.6) is 0 Å². The van der Waals surface area contributed by atoms with Crippen molar-refractivity contribution in [1.29, 1.82) is 0 Å². The molecule has 1 N–H and O–H groups in total. The van der Waals surface area contributed by atoms with Crippen molar-refractivity contribution in [3.8, 4) is 0 Å². The standard InChI is InChI=1S/C8H9NS2/c10-8-5-6-2-4-11-7(6)1-3-9-8/h2,4H,1,3,5H2,(H,9,10). The van der Waals surface area contributed by atoms with Crippen LogP contribution < -0.4 is 5.32 Å². The smallest absolute Gasteiger partial charge is 0.0798 e. The van der Waals surface area contributed by atoms with Crippen LogP contribution in [-0.4, -0.2) is 11.5 Å². The molecule has 0 fully saturated rings. The third kappa shape index (κ3) is 1.44. The molecule has 58 valence electrons. The summed E-state index contributed by atoms with van der Waals surface area (Å²) >= 11 is 6.97. The van der Waals surface area contributed by atoms with E-state index in [0.717, 1.165) is 24.4 Å². The van der Waals surface area contributed by atoms with Crippen LogP contribution in [0.1, 0.15) is 10.4 Å².